The minimum Gasteiger partial charge on any atom is -0.458 e. The van der Waals surface area contributed by atoms with Gasteiger partial charge in [-0.05, 0) is 23.3 Å². The number of hydrogen-bond donors (Lipinski definition) is 1. The lowest BCUT2D eigenvalue weighted by molar-refractivity contribution is -0.643. The van der Waals surface area contributed by atoms with Crippen molar-refractivity contribution in [2.75, 3.05) is 0 Å². The molecule has 4 nitrogen and oxygen atoms in total. The molecule has 0 atom stereocenters. The molecule has 1 aromatic carbocycles. The first-order valence-corrected chi connectivity index (χ1v) is 8.17. The molecule has 0 aliphatic heterocycles. The molecular formula is C18H17NO3. The lowest BCUT2D eigenvalue weighted by Gasteiger charge is -3.08. The maximum Gasteiger partial charge on any atom is 0.303 e. The Hall–Kier alpha value is -1.84. The molecule has 0 bridgehead atoms. The van der Waals surface area contributed by atoms with E-state index >= 15 is 0 Å². The Morgan fingerprint density at radius 3 is 2.18 bits per heavy atom. The van der Waals surface area contributed by atoms with Crippen LogP contribution in [0.4, 0.5) is 0 Å². The molecule has 4 heteroatoms. The molecule has 0 aromatic heterocycles. The Morgan fingerprint density at radius 1 is 1.05 bits per heavy atom. The third-order valence-electron chi connectivity index (χ3n) is 7.55. The normalized spacial score (nSPS) is 52.8. The standard InChI is InChI=1S/C18H17NO3/c1-8(20)22-18-13-10-14(18)12-15(18)11(13)17(10,12)16(21)19-7-9-5-3-2-4-6-9/h2-6,10-15H,7H2,1H3,(H,19,21). The summed E-state index contributed by atoms with van der Waals surface area (Å²) in [5, 5.41) is 3.14. The fourth-order valence-electron chi connectivity index (χ4n) is 7.27. The molecule has 22 heavy (non-hydrogen) atoms. The van der Waals surface area contributed by atoms with Crippen LogP contribution in [0.15, 0.2) is 30.3 Å². The number of amides is 1. The molecule has 0 saturated heterocycles. The van der Waals surface area contributed by atoms with Crippen LogP contribution in [0.1, 0.15) is 12.5 Å². The summed E-state index contributed by atoms with van der Waals surface area (Å²) in [7, 11) is 0. The van der Waals surface area contributed by atoms with Crippen LogP contribution in [0.3, 0.4) is 0 Å². The van der Waals surface area contributed by atoms with Crippen LogP contribution < -0.4 is 5.32 Å². The van der Waals surface area contributed by atoms with Crippen LogP contribution in [0, 0.1) is 40.9 Å². The average Bonchev–Trinajstić information content (AvgIpc) is 2.53. The second-order valence-corrected chi connectivity index (χ2v) is 7.70. The van der Waals surface area contributed by atoms with E-state index in [1.54, 1.807) is 0 Å². The minimum absolute atomic E-state index is 0.0727. The monoisotopic (exact) mass is 295 g/mol. The van der Waals surface area contributed by atoms with Gasteiger partial charge in [-0.25, -0.2) is 0 Å². The molecule has 0 unspecified atom stereocenters. The predicted octanol–water partition coefficient (Wildman–Crippen LogP) is 1.36. The maximum absolute atomic E-state index is 12.7. The van der Waals surface area contributed by atoms with Gasteiger partial charge in [0.2, 0.25) is 5.91 Å². The number of carbonyl (C=O) groups excluding carboxylic acids is 2. The smallest absolute Gasteiger partial charge is 0.303 e. The summed E-state index contributed by atoms with van der Waals surface area (Å²) in [5.41, 5.74) is 0.952. The summed E-state index contributed by atoms with van der Waals surface area (Å²) < 4.78 is 5.64. The zero-order valence-electron chi connectivity index (χ0n) is 12.3. The van der Waals surface area contributed by atoms with Crippen molar-refractivity contribution in [3.63, 3.8) is 0 Å². The Morgan fingerprint density at radius 2 is 1.64 bits per heavy atom. The largest absolute Gasteiger partial charge is 0.458 e. The van der Waals surface area contributed by atoms with Crippen LogP contribution in [-0.2, 0) is 20.9 Å². The van der Waals surface area contributed by atoms with Gasteiger partial charge in [0.25, 0.3) is 0 Å². The van der Waals surface area contributed by atoms with Gasteiger partial charge in [0, 0.05) is 31.2 Å². The van der Waals surface area contributed by atoms with E-state index in [-0.39, 0.29) is 22.9 Å². The van der Waals surface area contributed by atoms with Crippen LogP contribution in [0.25, 0.3) is 0 Å². The number of carbonyl (C=O) groups is 2. The molecule has 1 aromatic rings. The number of benzene rings is 1. The fraction of sp³-hybridized carbons (Fsp3) is 0.556. The first-order valence-electron chi connectivity index (χ1n) is 8.17. The van der Waals surface area contributed by atoms with E-state index in [2.05, 4.69) is 5.32 Å². The first-order chi connectivity index (χ1) is 10.6. The third kappa shape index (κ3) is 0.792. The van der Waals surface area contributed by atoms with Gasteiger partial charge in [0.15, 0.2) is 0 Å². The average molecular weight is 295 g/mol. The number of hydrogen-bond acceptors (Lipinski definition) is 3. The van der Waals surface area contributed by atoms with Gasteiger partial charge >= 0.3 is 5.97 Å². The Kier molecular flexibility index (Phi) is 1.65. The van der Waals surface area contributed by atoms with Crippen molar-refractivity contribution in [2.24, 2.45) is 40.9 Å². The van der Waals surface area contributed by atoms with Crippen LogP contribution in [-0.4, -0.2) is 17.5 Å². The van der Waals surface area contributed by atoms with Crippen molar-refractivity contribution < 1.29 is 14.3 Å². The molecule has 0 radical (unpaired) electrons. The summed E-state index contributed by atoms with van der Waals surface area (Å²) in [6, 6.07) is 10.0. The number of esters is 1. The number of rotatable bonds is 4. The Labute approximate surface area is 128 Å². The van der Waals surface area contributed by atoms with Gasteiger partial charge in [-0.1, -0.05) is 30.3 Å². The highest BCUT2D eigenvalue weighted by molar-refractivity contribution is 5.93. The fourth-order valence-corrected chi connectivity index (χ4v) is 7.27. The van der Waals surface area contributed by atoms with E-state index < -0.39 is 0 Å². The summed E-state index contributed by atoms with van der Waals surface area (Å²) in [6.45, 7) is 2.12. The topological polar surface area (TPSA) is 55.4 Å². The molecular weight excluding hydrogens is 278 g/mol. The molecule has 6 aliphatic rings. The second kappa shape index (κ2) is 3.10. The van der Waals surface area contributed by atoms with Gasteiger partial charge in [-0.2, -0.15) is 0 Å². The molecule has 6 saturated carbocycles. The van der Waals surface area contributed by atoms with E-state index in [1.807, 2.05) is 30.3 Å². The Bertz CT molecular complexity index is 686. The van der Waals surface area contributed by atoms with E-state index in [9.17, 15) is 9.59 Å². The summed E-state index contributed by atoms with van der Waals surface area (Å²) in [5.74, 6) is 3.10. The SMILES string of the molecule is CC(=O)OC12C3C4C1C1C2C3C41C(=O)NCc1ccccc1. The van der Waals surface area contributed by atoms with Crippen LogP contribution >= 0.6 is 0 Å². The van der Waals surface area contributed by atoms with Gasteiger partial charge < -0.3 is 10.1 Å². The van der Waals surface area contributed by atoms with E-state index in [1.165, 1.54) is 6.92 Å². The maximum atomic E-state index is 12.7. The zero-order chi connectivity index (χ0) is 14.9. The molecule has 0 heterocycles. The van der Waals surface area contributed by atoms with E-state index in [0.29, 0.717) is 42.1 Å². The molecule has 0 spiro atoms. The number of ether oxygens (including phenoxy) is 1. The summed E-state index contributed by atoms with van der Waals surface area (Å²) >= 11 is 0. The third-order valence-corrected chi connectivity index (χ3v) is 7.55. The number of nitrogens with one attached hydrogen (secondary N) is 1. The molecule has 7 rings (SSSR count). The second-order valence-electron chi connectivity index (χ2n) is 7.70. The summed E-state index contributed by atoms with van der Waals surface area (Å²) in [4.78, 5) is 24.0. The van der Waals surface area contributed by atoms with Crippen molar-refractivity contribution in [2.45, 2.75) is 19.1 Å². The lowest BCUT2D eigenvalue weighted by atomic mass is 8.94. The molecule has 1 N–H and O–H groups in total. The summed E-state index contributed by atoms with van der Waals surface area (Å²) in [6.07, 6.45) is 0. The highest BCUT2D eigenvalue weighted by Crippen LogP contribution is 3.07. The van der Waals surface area contributed by atoms with Crippen LogP contribution in [0.5, 0.6) is 0 Å². The minimum atomic E-state index is -0.154. The van der Waals surface area contributed by atoms with E-state index in [0.717, 1.165) is 5.56 Å². The molecule has 6 fully saturated rings. The van der Waals surface area contributed by atoms with Gasteiger partial charge in [0.1, 0.15) is 5.60 Å². The van der Waals surface area contributed by atoms with Crippen molar-refractivity contribution >= 4 is 11.9 Å². The Balaban J connectivity index is 1.18. The zero-order valence-corrected chi connectivity index (χ0v) is 12.3. The van der Waals surface area contributed by atoms with Crippen molar-refractivity contribution in [1.29, 1.82) is 0 Å². The lowest BCUT2D eigenvalue weighted by Crippen LogP contribution is -3.14. The quantitative estimate of drug-likeness (QED) is 0.853. The molecule has 6 aliphatic carbocycles. The van der Waals surface area contributed by atoms with Crippen LogP contribution in [0.2, 0.25) is 0 Å². The van der Waals surface area contributed by atoms with Crippen molar-refractivity contribution in [1.82, 2.24) is 5.32 Å². The van der Waals surface area contributed by atoms with Crippen molar-refractivity contribution in [3.8, 4) is 0 Å². The first kappa shape index (κ1) is 11.7. The highest BCUT2D eigenvalue weighted by atomic mass is 16.6. The molecule has 1 amide bonds. The predicted molar refractivity (Wildman–Crippen MR) is 76.2 cm³/mol. The van der Waals surface area contributed by atoms with Gasteiger partial charge in [0.05, 0.1) is 5.41 Å². The van der Waals surface area contributed by atoms with Gasteiger partial charge in [-0.3, -0.25) is 9.59 Å². The molecule has 112 valence electrons. The highest BCUT2D eigenvalue weighted by Gasteiger charge is 3.13. The van der Waals surface area contributed by atoms with E-state index in [4.69, 9.17) is 4.74 Å². The van der Waals surface area contributed by atoms with Gasteiger partial charge in [-0.15, -0.1) is 0 Å². The van der Waals surface area contributed by atoms with Crippen molar-refractivity contribution in [3.05, 3.63) is 35.9 Å².